The molecule has 82 valence electrons. The number of nitro benzene ring substituents is 1. The average molecular weight is 219 g/mol. The Hall–Kier alpha value is -1.92. The Morgan fingerprint density at radius 3 is 2.60 bits per heavy atom. The number of hydrogen-bond donors (Lipinski definition) is 0. The highest BCUT2D eigenvalue weighted by Gasteiger charge is 2.16. The van der Waals surface area contributed by atoms with Gasteiger partial charge in [0.05, 0.1) is 12.0 Å². The summed E-state index contributed by atoms with van der Waals surface area (Å²) < 4.78 is 32.4. The zero-order valence-electron chi connectivity index (χ0n) is 7.65. The van der Waals surface area contributed by atoms with E-state index >= 15 is 0 Å². The van der Waals surface area contributed by atoms with Crippen molar-refractivity contribution in [3.8, 4) is 11.5 Å². The molecule has 0 fully saturated rings. The Kier molecular flexibility index (Phi) is 3.37. The molecule has 0 atom stereocenters. The van der Waals surface area contributed by atoms with Crippen molar-refractivity contribution in [3.05, 3.63) is 28.3 Å². The second-order valence-electron chi connectivity index (χ2n) is 2.47. The standard InChI is InChI=1S/C8H7F2NO4/c1-14-7-4-5(15-8(9)10)2-3-6(7)11(12)13/h2-4,8H,1H3. The first-order valence-electron chi connectivity index (χ1n) is 3.82. The Morgan fingerprint density at radius 1 is 1.47 bits per heavy atom. The highest BCUT2D eigenvalue weighted by Crippen LogP contribution is 2.31. The molecule has 0 radical (unpaired) electrons. The van der Waals surface area contributed by atoms with Gasteiger partial charge in [-0.15, -0.1) is 0 Å². The minimum absolute atomic E-state index is 0.127. The van der Waals surface area contributed by atoms with Crippen LogP contribution in [0.15, 0.2) is 18.2 Å². The van der Waals surface area contributed by atoms with Gasteiger partial charge in [0.2, 0.25) is 5.75 Å². The number of nitrogens with zero attached hydrogens (tertiary/aromatic N) is 1. The number of rotatable bonds is 4. The van der Waals surface area contributed by atoms with Gasteiger partial charge in [-0.2, -0.15) is 8.78 Å². The van der Waals surface area contributed by atoms with Gasteiger partial charge >= 0.3 is 12.3 Å². The van der Waals surface area contributed by atoms with E-state index in [0.717, 1.165) is 18.2 Å². The van der Waals surface area contributed by atoms with Crippen LogP contribution in [-0.2, 0) is 0 Å². The van der Waals surface area contributed by atoms with Crippen LogP contribution in [0.5, 0.6) is 11.5 Å². The molecule has 5 nitrogen and oxygen atoms in total. The zero-order valence-corrected chi connectivity index (χ0v) is 7.65. The van der Waals surface area contributed by atoms with Crippen LogP contribution in [0, 0.1) is 10.1 Å². The largest absolute Gasteiger partial charge is 0.490 e. The van der Waals surface area contributed by atoms with Gasteiger partial charge in [0, 0.05) is 12.1 Å². The lowest BCUT2D eigenvalue weighted by molar-refractivity contribution is -0.385. The van der Waals surface area contributed by atoms with Gasteiger partial charge in [-0.1, -0.05) is 0 Å². The van der Waals surface area contributed by atoms with E-state index in [0.29, 0.717) is 0 Å². The van der Waals surface area contributed by atoms with Gasteiger partial charge in [0.15, 0.2) is 0 Å². The molecule has 0 bridgehead atoms. The number of alkyl halides is 2. The van der Waals surface area contributed by atoms with Gasteiger partial charge in [-0.3, -0.25) is 10.1 Å². The van der Waals surface area contributed by atoms with Crippen LogP contribution in [-0.4, -0.2) is 18.6 Å². The smallest absolute Gasteiger partial charge is 0.387 e. The molecule has 1 aromatic carbocycles. The number of methoxy groups -OCH3 is 1. The minimum atomic E-state index is -2.98. The highest BCUT2D eigenvalue weighted by atomic mass is 19.3. The Morgan fingerprint density at radius 2 is 2.13 bits per heavy atom. The highest BCUT2D eigenvalue weighted by molar-refractivity contribution is 5.50. The third kappa shape index (κ3) is 2.76. The maximum absolute atomic E-state index is 11.8. The van der Waals surface area contributed by atoms with E-state index in [2.05, 4.69) is 9.47 Å². The van der Waals surface area contributed by atoms with Gasteiger partial charge in [0.25, 0.3) is 0 Å². The average Bonchev–Trinajstić information content (AvgIpc) is 2.16. The molecule has 0 aliphatic heterocycles. The van der Waals surface area contributed by atoms with E-state index in [1.54, 1.807) is 0 Å². The topological polar surface area (TPSA) is 61.6 Å². The van der Waals surface area contributed by atoms with Crippen molar-refractivity contribution >= 4 is 5.69 Å². The van der Waals surface area contributed by atoms with Crippen molar-refractivity contribution in [2.24, 2.45) is 0 Å². The molecule has 0 N–H and O–H groups in total. The summed E-state index contributed by atoms with van der Waals surface area (Å²) in [6, 6.07) is 3.15. The van der Waals surface area contributed by atoms with E-state index in [1.165, 1.54) is 7.11 Å². The maximum Gasteiger partial charge on any atom is 0.387 e. The second kappa shape index (κ2) is 4.54. The van der Waals surface area contributed by atoms with Crippen molar-refractivity contribution in [1.82, 2.24) is 0 Å². The second-order valence-corrected chi connectivity index (χ2v) is 2.47. The lowest BCUT2D eigenvalue weighted by atomic mass is 10.3. The molecule has 1 rings (SSSR count). The van der Waals surface area contributed by atoms with Crippen LogP contribution >= 0.6 is 0 Å². The SMILES string of the molecule is COc1cc(OC(F)F)ccc1[N+](=O)[O-]. The first-order valence-corrected chi connectivity index (χ1v) is 3.82. The molecule has 0 amide bonds. The molecule has 0 aliphatic rings. The molecule has 1 aromatic rings. The van der Waals surface area contributed by atoms with Gasteiger partial charge in [0.1, 0.15) is 5.75 Å². The summed E-state index contributed by atoms with van der Waals surface area (Å²) in [5, 5.41) is 10.5. The van der Waals surface area contributed by atoms with E-state index < -0.39 is 11.5 Å². The molecule has 0 heterocycles. The third-order valence-corrected chi connectivity index (χ3v) is 1.57. The van der Waals surface area contributed by atoms with Crippen LogP contribution in [0.25, 0.3) is 0 Å². The Bertz CT molecular complexity index is 370. The summed E-state index contributed by atoms with van der Waals surface area (Å²) in [5.41, 5.74) is -0.306. The molecule has 15 heavy (non-hydrogen) atoms. The molecule has 7 heteroatoms. The molecular formula is C8H7F2NO4. The van der Waals surface area contributed by atoms with Gasteiger partial charge < -0.3 is 9.47 Å². The van der Waals surface area contributed by atoms with Crippen LogP contribution in [0.1, 0.15) is 0 Å². The van der Waals surface area contributed by atoms with Crippen LogP contribution < -0.4 is 9.47 Å². The van der Waals surface area contributed by atoms with Gasteiger partial charge in [-0.05, 0) is 6.07 Å². The van der Waals surface area contributed by atoms with Gasteiger partial charge in [-0.25, -0.2) is 0 Å². The van der Waals surface area contributed by atoms with Crippen LogP contribution in [0.4, 0.5) is 14.5 Å². The predicted molar refractivity (Wildman–Crippen MR) is 46.3 cm³/mol. The van der Waals surface area contributed by atoms with Crippen molar-refractivity contribution in [1.29, 1.82) is 0 Å². The summed E-state index contributed by atoms with van der Waals surface area (Å²) in [5.74, 6) is -0.314. The number of nitro groups is 1. The summed E-state index contributed by atoms with van der Waals surface area (Å²) in [6.45, 7) is -2.98. The van der Waals surface area contributed by atoms with E-state index in [4.69, 9.17) is 0 Å². The minimum Gasteiger partial charge on any atom is -0.490 e. The fourth-order valence-corrected chi connectivity index (χ4v) is 0.985. The fraction of sp³-hybridized carbons (Fsp3) is 0.250. The summed E-state index contributed by atoms with van der Waals surface area (Å²) >= 11 is 0. The van der Waals surface area contributed by atoms with Crippen molar-refractivity contribution in [2.45, 2.75) is 6.61 Å². The van der Waals surface area contributed by atoms with E-state index in [-0.39, 0.29) is 17.2 Å². The number of ether oxygens (including phenoxy) is 2. The normalized spacial score (nSPS) is 10.1. The monoisotopic (exact) mass is 219 g/mol. The molecule has 0 saturated heterocycles. The molecule has 0 saturated carbocycles. The van der Waals surface area contributed by atoms with E-state index in [9.17, 15) is 18.9 Å². The molecular weight excluding hydrogens is 212 g/mol. The summed E-state index contributed by atoms with van der Waals surface area (Å²) in [7, 11) is 1.20. The first kappa shape index (κ1) is 11.2. The lowest BCUT2D eigenvalue weighted by Gasteiger charge is -2.06. The number of halogens is 2. The van der Waals surface area contributed by atoms with Crippen LogP contribution in [0.2, 0.25) is 0 Å². The summed E-state index contributed by atoms with van der Waals surface area (Å²) in [4.78, 5) is 9.78. The molecule has 0 spiro atoms. The first-order chi connectivity index (χ1) is 7.04. The lowest BCUT2D eigenvalue weighted by Crippen LogP contribution is -2.02. The zero-order chi connectivity index (χ0) is 11.4. The molecule has 0 aliphatic carbocycles. The molecule has 0 aromatic heterocycles. The van der Waals surface area contributed by atoms with Crippen molar-refractivity contribution < 1.29 is 23.2 Å². The van der Waals surface area contributed by atoms with Crippen molar-refractivity contribution in [3.63, 3.8) is 0 Å². The Labute approximate surface area is 83.4 Å². The fourth-order valence-electron chi connectivity index (χ4n) is 0.985. The number of hydrogen-bond acceptors (Lipinski definition) is 4. The maximum atomic E-state index is 11.8. The Balaban J connectivity index is 3.02. The van der Waals surface area contributed by atoms with E-state index in [1.807, 2.05) is 0 Å². The predicted octanol–water partition coefficient (Wildman–Crippen LogP) is 2.20. The van der Waals surface area contributed by atoms with Crippen LogP contribution in [0.3, 0.4) is 0 Å². The quantitative estimate of drug-likeness (QED) is 0.575. The summed E-state index contributed by atoms with van der Waals surface area (Å²) in [6.07, 6.45) is 0. The third-order valence-electron chi connectivity index (χ3n) is 1.57. The van der Waals surface area contributed by atoms with Crippen molar-refractivity contribution in [2.75, 3.05) is 7.11 Å². The molecule has 0 unspecified atom stereocenters. The number of benzene rings is 1.